The Bertz CT molecular complexity index is 361. The van der Waals surface area contributed by atoms with Gasteiger partial charge in [0, 0.05) is 19.3 Å². The van der Waals surface area contributed by atoms with Crippen LogP contribution < -0.4 is 5.32 Å². The number of aromatic nitrogens is 1. The summed E-state index contributed by atoms with van der Waals surface area (Å²) in [4.78, 5) is 11.7. The van der Waals surface area contributed by atoms with Crippen LogP contribution in [0.25, 0.3) is 0 Å². The highest BCUT2D eigenvalue weighted by molar-refractivity contribution is 5.92. The molecule has 0 fully saturated rings. The molecule has 0 unspecified atom stereocenters. The van der Waals surface area contributed by atoms with Gasteiger partial charge in [-0.3, -0.25) is 4.79 Å². The van der Waals surface area contributed by atoms with Crippen LogP contribution >= 0.6 is 0 Å². The molecule has 4 heteroatoms. The molecule has 0 aliphatic rings. The van der Waals surface area contributed by atoms with Gasteiger partial charge in [-0.2, -0.15) is 0 Å². The lowest BCUT2D eigenvalue weighted by Crippen LogP contribution is -2.38. The summed E-state index contributed by atoms with van der Waals surface area (Å²) in [5, 5.41) is 12.1. The lowest BCUT2D eigenvalue weighted by molar-refractivity contribution is 0.0690. The van der Waals surface area contributed by atoms with Crippen LogP contribution in [0.1, 0.15) is 30.0 Å². The number of rotatable bonds is 3. The summed E-state index contributed by atoms with van der Waals surface area (Å²) < 4.78 is 1.82. The Morgan fingerprint density at radius 3 is 2.53 bits per heavy atom. The third-order valence-corrected chi connectivity index (χ3v) is 2.29. The number of aryl methyl sites for hydroxylation is 1. The fraction of sp³-hybridized carbons (Fsp3) is 0.545. The average molecular weight is 210 g/mol. The van der Waals surface area contributed by atoms with E-state index < -0.39 is 5.60 Å². The third kappa shape index (κ3) is 3.09. The molecule has 84 valence electrons. The van der Waals surface area contributed by atoms with Crippen molar-refractivity contribution in [3.63, 3.8) is 0 Å². The number of hydrogen-bond donors (Lipinski definition) is 2. The monoisotopic (exact) mass is 210 g/mol. The van der Waals surface area contributed by atoms with Crippen molar-refractivity contribution < 1.29 is 9.90 Å². The number of carbonyl (C=O) groups is 1. The Balaban J connectivity index is 2.66. The Hall–Kier alpha value is -1.29. The Kier molecular flexibility index (Phi) is 3.19. The molecule has 0 aliphatic carbocycles. The summed E-state index contributed by atoms with van der Waals surface area (Å²) in [7, 11) is 1.84. The molecule has 2 N–H and O–H groups in total. The molecule has 0 atom stereocenters. The molecule has 0 saturated heterocycles. The first-order chi connectivity index (χ1) is 6.81. The van der Waals surface area contributed by atoms with E-state index in [1.54, 1.807) is 19.9 Å². The van der Waals surface area contributed by atoms with E-state index in [0.717, 1.165) is 5.69 Å². The van der Waals surface area contributed by atoms with Crippen molar-refractivity contribution in [1.82, 2.24) is 9.88 Å². The fourth-order valence-electron chi connectivity index (χ4n) is 1.23. The number of nitrogens with one attached hydrogen (secondary N) is 1. The number of nitrogens with zero attached hydrogens (tertiary/aromatic N) is 1. The van der Waals surface area contributed by atoms with Crippen LogP contribution in [0.2, 0.25) is 0 Å². The minimum atomic E-state index is -0.879. The quantitative estimate of drug-likeness (QED) is 0.776. The zero-order valence-electron chi connectivity index (χ0n) is 9.66. The van der Waals surface area contributed by atoms with Gasteiger partial charge in [-0.15, -0.1) is 0 Å². The fourth-order valence-corrected chi connectivity index (χ4v) is 1.23. The first kappa shape index (κ1) is 11.8. The molecule has 0 aliphatic heterocycles. The van der Waals surface area contributed by atoms with Crippen LogP contribution in [-0.4, -0.2) is 27.7 Å². The number of amides is 1. The average Bonchev–Trinajstić information content (AvgIpc) is 2.43. The van der Waals surface area contributed by atoms with Crippen molar-refractivity contribution in [2.24, 2.45) is 7.05 Å². The van der Waals surface area contributed by atoms with Gasteiger partial charge in [-0.25, -0.2) is 0 Å². The second-order valence-electron chi connectivity index (χ2n) is 4.41. The third-order valence-electron chi connectivity index (χ3n) is 2.29. The highest BCUT2D eigenvalue weighted by Crippen LogP contribution is 2.06. The molecule has 1 rings (SSSR count). The molecular weight excluding hydrogens is 192 g/mol. The first-order valence-corrected chi connectivity index (χ1v) is 4.94. The zero-order valence-corrected chi connectivity index (χ0v) is 9.66. The molecule has 0 aromatic carbocycles. The molecule has 1 amide bonds. The van der Waals surface area contributed by atoms with Crippen LogP contribution in [-0.2, 0) is 7.05 Å². The summed E-state index contributed by atoms with van der Waals surface area (Å²) in [6.07, 6.45) is 0. The molecule has 1 aromatic rings. The van der Waals surface area contributed by atoms with Crippen LogP contribution in [0, 0.1) is 6.92 Å². The Labute approximate surface area is 89.9 Å². The summed E-state index contributed by atoms with van der Waals surface area (Å²) in [5.41, 5.74) is 0.760. The standard InChI is InChI=1S/C11H18N2O2/c1-8-5-6-9(13(8)4)10(14)12-7-11(2,3)15/h5-6,15H,7H2,1-4H3,(H,12,14). The molecule has 15 heavy (non-hydrogen) atoms. The maximum absolute atomic E-state index is 11.7. The minimum Gasteiger partial charge on any atom is -0.389 e. The number of aliphatic hydroxyl groups is 1. The van der Waals surface area contributed by atoms with E-state index in [2.05, 4.69) is 5.32 Å². The highest BCUT2D eigenvalue weighted by Gasteiger charge is 2.16. The van der Waals surface area contributed by atoms with Crippen molar-refractivity contribution in [1.29, 1.82) is 0 Å². The summed E-state index contributed by atoms with van der Waals surface area (Å²) in [6.45, 7) is 5.50. The van der Waals surface area contributed by atoms with Gasteiger partial charge in [0.15, 0.2) is 0 Å². The van der Waals surface area contributed by atoms with Gasteiger partial charge in [0.2, 0.25) is 0 Å². The Morgan fingerprint density at radius 1 is 1.53 bits per heavy atom. The van der Waals surface area contributed by atoms with E-state index in [0.29, 0.717) is 5.69 Å². The molecule has 1 heterocycles. The van der Waals surface area contributed by atoms with Gasteiger partial charge < -0.3 is 15.0 Å². The highest BCUT2D eigenvalue weighted by atomic mass is 16.3. The minimum absolute atomic E-state index is 0.160. The van der Waals surface area contributed by atoms with Gasteiger partial charge in [-0.1, -0.05) is 0 Å². The second kappa shape index (κ2) is 4.06. The Morgan fingerprint density at radius 2 is 2.13 bits per heavy atom. The van der Waals surface area contributed by atoms with Crippen molar-refractivity contribution in [3.05, 3.63) is 23.5 Å². The van der Waals surface area contributed by atoms with Gasteiger partial charge >= 0.3 is 0 Å². The molecule has 0 spiro atoms. The van der Waals surface area contributed by atoms with E-state index in [-0.39, 0.29) is 12.5 Å². The first-order valence-electron chi connectivity index (χ1n) is 4.94. The lowest BCUT2D eigenvalue weighted by Gasteiger charge is -2.17. The van der Waals surface area contributed by atoms with Gasteiger partial charge in [0.1, 0.15) is 5.69 Å². The van der Waals surface area contributed by atoms with E-state index in [4.69, 9.17) is 0 Å². The van der Waals surface area contributed by atoms with Crippen LogP contribution in [0.15, 0.2) is 12.1 Å². The van der Waals surface area contributed by atoms with Gasteiger partial charge in [0.25, 0.3) is 5.91 Å². The maximum atomic E-state index is 11.7. The maximum Gasteiger partial charge on any atom is 0.268 e. The smallest absolute Gasteiger partial charge is 0.268 e. The predicted molar refractivity (Wildman–Crippen MR) is 58.8 cm³/mol. The van der Waals surface area contributed by atoms with Crippen LogP contribution in [0.5, 0.6) is 0 Å². The van der Waals surface area contributed by atoms with Gasteiger partial charge in [-0.05, 0) is 32.9 Å². The van der Waals surface area contributed by atoms with Crippen molar-refractivity contribution in [2.75, 3.05) is 6.54 Å². The topological polar surface area (TPSA) is 54.3 Å². The summed E-state index contributed by atoms with van der Waals surface area (Å²) in [5.74, 6) is -0.160. The SMILES string of the molecule is Cc1ccc(C(=O)NCC(C)(C)O)n1C. The van der Waals surface area contributed by atoms with Crippen LogP contribution in [0.3, 0.4) is 0 Å². The largest absolute Gasteiger partial charge is 0.389 e. The van der Waals surface area contributed by atoms with E-state index >= 15 is 0 Å². The molecule has 0 radical (unpaired) electrons. The summed E-state index contributed by atoms with van der Waals surface area (Å²) >= 11 is 0. The molecule has 0 bridgehead atoms. The van der Waals surface area contributed by atoms with Gasteiger partial charge in [0.05, 0.1) is 5.60 Å². The normalized spacial score (nSPS) is 11.5. The zero-order chi connectivity index (χ0) is 11.6. The number of carbonyl (C=O) groups excluding carboxylic acids is 1. The predicted octanol–water partition coefficient (Wildman–Crippen LogP) is 0.834. The van der Waals surface area contributed by atoms with Crippen LogP contribution in [0.4, 0.5) is 0 Å². The molecule has 0 saturated carbocycles. The lowest BCUT2D eigenvalue weighted by atomic mass is 10.1. The molecular formula is C11H18N2O2. The molecule has 4 nitrogen and oxygen atoms in total. The van der Waals surface area contributed by atoms with Crippen molar-refractivity contribution >= 4 is 5.91 Å². The van der Waals surface area contributed by atoms with E-state index in [1.807, 2.05) is 24.6 Å². The second-order valence-corrected chi connectivity index (χ2v) is 4.41. The van der Waals surface area contributed by atoms with E-state index in [1.165, 1.54) is 0 Å². The van der Waals surface area contributed by atoms with E-state index in [9.17, 15) is 9.90 Å². The summed E-state index contributed by atoms with van der Waals surface area (Å²) in [6, 6.07) is 3.66. The number of hydrogen-bond acceptors (Lipinski definition) is 2. The van der Waals surface area contributed by atoms with Crippen molar-refractivity contribution in [2.45, 2.75) is 26.4 Å². The van der Waals surface area contributed by atoms with Crippen molar-refractivity contribution in [3.8, 4) is 0 Å². The molecule has 1 aromatic heterocycles.